The van der Waals surface area contributed by atoms with Crippen molar-refractivity contribution in [1.82, 2.24) is 0 Å². The number of hydrogen-bond acceptors (Lipinski definition) is 3. The third-order valence-electron chi connectivity index (χ3n) is 2.36. The maximum Gasteiger partial charge on any atom is 0.343 e. The first-order valence-corrected chi connectivity index (χ1v) is 5.48. The third-order valence-corrected chi connectivity index (χ3v) is 2.36. The van der Waals surface area contributed by atoms with Crippen molar-refractivity contribution in [2.45, 2.75) is 0 Å². The molecule has 0 aliphatic rings. The molecular weight excluding hydrogens is 228 g/mol. The summed E-state index contributed by atoms with van der Waals surface area (Å²) in [6.07, 6.45) is 1.05. The number of rotatable bonds is 3. The van der Waals surface area contributed by atoms with Crippen LogP contribution in [0.5, 0.6) is 0 Å². The molecule has 0 amide bonds. The highest BCUT2D eigenvalue weighted by Crippen LogP contribution is 2.11. The lowest BCUT2D eigenvalue weighted by molar-refractivity contribution is 0.0660. The van der Waals surface area contributed by atoms with E-state index < -0.39 is 5.97 Å². The number of esters is 1. The molecule has 0 heterocycles. The number of carbonyl (C=O) groups is 1. The van der Waals surface area contributed by atoms with Crippen LogP contribution in [0.1, 0.15) is 15.9 Å². The summed E-state index contributed by atoms with van der Waals surface area (Å²) in [5.74, 6) is -0.585. The molecule has 0 aliphatic carbocycles. The van der Waals surface area contributed by atoms with E-state index in [-0.39, 0.29) is 5.76 Å². The Morgan fingerprint density at radius 3 is 1.94 bits per heavy atom. The smallest absolute Gasteiger partial charge is 0.343 e. The summed E-state index contributed by atoms with van der Waals surface area (Å²) < 4.78 is 4.89. The van der Waals surface area contributed by atoms with E-state index in [9.17, 15) is 9.90 Å². The van der Waals surface area contributed by atoms with Gasteiger partial charge in [-0.05, 0) is 12.1 Å². The Labute approximate surface area is 105 Å². The summed E-state index contributed by atoms with van der Waals surface area (Å²) in [5.41, 5.74) is 1.04. The van der Waals surface area contributed by atoms with Gasteiger partial charge in [0.1, 0.15) is 6.26 Å². The standard InChI is InChI=1S/C15H12O3/c16-14(12-7-3-1-4-8-12)11-18-15(17)13-9-5-2-6-10-13/h1-11,16H. The van der Waals surface area contributed by atoms with Crippen LogP contribution in [0.25, 0.3) is 5.76 Å². The summed E-state index contributed by atoms with van der Waals surface area (Å²) in [5, 5.41) is 9.70. The Morgan fingerprint density at radius 2 is 1.39 bits per heavy atom. The van der Waals surface area contributed by atoms with Gasteiger partial charge in [-0.3, -0.25) is 0 Å². The van der Waals surface area contributed by atoms with Crippen molar-refractivity contribution in [1.29, 1.82) is 0 Å². The average Bonchev–Trinajstić information content (AvgIpc) is 2.46. The zero-order valence-electron chi connectivity index (χ0n) is 9.61. The van der Waals surface area contributed by atoms with Gasteiger partial charge in [0, 0.05) is 5.56 Å². The van der Waals surface area contributed by atoms with Gasteiger partial charge in [0.2, 0.25) is 0 Å². The molecule has 0 spiro atoms. The fourth-order valence-corrected chi connectivity index (χ4v) is 1.43. The number of aliphatic hydroxyl groups is 1. The van der Waals surface area contributed by atoms with E-state index in [2.05, 4.69) is 0 Å². The minimum Gasteiger partial charge on any atom is -0.504 e. The average molecular weight is 240 g/mol. The monoisotopic (exact) mass is 240 g/mol. The van der Waals surface area contributed by atoms with Crippen LogP contribution in [0.4, 0.5) is 0 Å². The highest BCUT2D eigenvalue weighted by molar-refractivity contribution is 5.90. The molecule has 0 unspecified atom stereocenters. The molecule has 2 aromatic carbocycles. The first kappa shape index (κ1) is 11.9. The second kappa shape index (κ2) is 5.68. The number of benzene rings is 2. The van der Waals surface area contributed by atoms with Crippen molar-refractivity contribution in [2.24, 2.45) is 0 Å². The van der Waals surface area contributed by atoms with Crippen LogP contribution in [-0.2, 0) is 4.74 Å². The van der Waals surface area contributed by atoms with Gasteiger partial charge in [0.15, 0.2) is 5.76 Å². The molecule has 1 N–H and O–H groups in total. The molecular formula is C15H12O3. The molecule has 18 heavy (non-hydrogen) atoms. The molecule has 3 nitrogen and oxygen atoms in total. The normalized spacial score (nSPS) is 11.0. The van der Waals surface area contributed by atoms with Crippen molar-refractivity contribution in [3.8, 4) is 0 Å². The Balaban J connectivity index is 2.05. The summed E-state index contributed by atoms with van der Waals surface area (Å²) in [6.45, 7) is 0. The molecule has 0 saturated heterocycles. The lowest BCUT2D eigenvalue weighted by Crippen LogP contribution is -2.00. The van der Waals surface area contributed by atoms with E-state index >= 15 is 0 Å². The highest BCUT2D eigenvalue weighted by Gasteiger charge is 2.05. The predicted molar refractivity (Wildman–Crippen MR) is 68.9 cm³/mol. The number of hydrogen-bond donors (Lipinski definition) is 1. The molecule has 0 radical (unpaired) electrons. The Bertz CT molecular complexity index is 544. The van der Waals surface area contributed by atoms with Crippen molar-refractivity contribution >= 4 is 11.7 Å². The second-order valence-corrected chi connectivity index (χ2v) is 3.64. The van der Waals surface area contributed by atoms with Gasteiger partial charge in [-0.2, -0.15) is 0 Å². The van der Waals surface area contributed by atoms with Crippen LogP contribution in [0.3, 0.4) is 0 Å². The predicted octanol–water partition coefficient (Wildman–Crippen LogP) is 3.40. The first-order chi connectivity index (χ1) is 8.77. The van der Waals surface area contributed by atoms with Crippen LogP contribution >= 0.6 is 0 Å². The SMILES string of the molecule is O=C(OC=C(O)c1ccccc1)c1ccccc1. The van der Waals surface area contributed by atoms with E-state index in [1.165, 1.54) is 0 Å². The molecule has 0 aromatic heterocycles. The van der Waals surface area contributed by atoms with Crippen molar-refractivity contribution in [3.05, 3.63) is 78.1 Å². The molecule has 90 valence electrons. The zero-order valence-corrected chi connectivity index (χ0v) is 9.61. The van der Waals surface area contributed by atoms with Crippen LogP contribution in [0, 0.1) is 0 Å². The van der Waals surface area contributed by atoms with E-state index in [0.29, 0.717) is 11.1 Å². The molecule has 0 fully saturated rings. The quantitative estimate of drug-likeness (QED) is 0.660. The second-order valence-electron chi connectivity index (χ2n) is 3.64. The molecule has 0 bridgehead atoms. The van der Waals surface area contributed by atoms with Gasteiger partial charge in [-0.15, -0.1) is 0 Å². The Morgan fingerprint density at radius 1 is 0.889 bits per heavy atom. The minimum atomic E-state index is -0.502. The van der Waals surface area contributed by atoms with Crippen LogP contribution < -0.4 is 0 Å². The molecule has 0 aliphatic heterocycles. The highest BCUT2D eigenvalue weighted by atomic mass is 16.5. The van der Waals surface area contributed by atoms with E-state index in [1.807, 2.05) is 12.1 Å². The fourth-order valence-electron chi connectivity index (χ4n) is 1.43. The van der Waals surface area contributed by atoms with E-state index in [1.54, 1.807) is 48.5 Å². The topological polar surface area (TPSA) is 46.5 Å². The molecule has 2 aromatic rings. The lowest BCUT2D eigenvalue weighted by atomic mass is 10.2. The Kier molecular flexibility index (Phi) is 3.76. The maximum atomic E-state index is 11.6. The number of carbonyl (C=O) groups excluding carboxylic acids is 1. The van der Waals surface area contributed by atoms with Gasteiger partial charge >= 0.3 is 5.97 Å². The summed E-state index contributed by atoms with van der Waals surface area (Å²) in [6, 6.07) is 17.5. The molecule has 2 rings (SSSR count). The summed E-state index contributed by atoms with van der Waals surface area (Å²) in [7, 11) is 0. The van der Waals surface area contributed by atoms with Crippen molar-refractivity contribution in [3.63, 3.8) is 0 Å². The lowest BCUT2D eigenvalue weighted by Gasteiger charge is -2.01. The van der Waals surface area contributed by atoms with E-state index in [4.69, 9.17) is 4.74 Å². The molecule has 0 saturated carbocycles. The van der Waals surface area contributed by atoms with Gasteiger partial charge in [0.25, 0.3) is 0 Å². The fraction of sp³-hybridized carbons (Fsp3) is 0. The van der Waals surface area contributed by atoms with Crippen LogP contribution in [-0.4, -0.2) is 11.1 Å². The summed E-state index contributed by atoms with van der Waals surface area (Å²) in [4.78, 5) is 11.6. The van der Waals surface area contributed by atoms with Gasteiger partial charge in [-0.1, -0.05) is 48.5 Å². The Hall–Kier alpha value is -2.55. The molecule has 3 heteroatoms. The number of ether oxygens (including phenoxy) is 1. The third kappa shape index (κ3) is 2.98. The minimum absolute atomic E-state index is 0.0834. The zero-order chi connectivity index (χ0) is 12.8. The molecule has 0 atom stereocenters. The van der Waals surface area contributed by atoms with Crippen molar-refractivity contribution in [2.75, 3.05) is 0 Å². The number of aliphatic hydroxyl groups excluding tert-OH is 1. The first-order valence-electron chi connectivity index (χ1n) is 5.48. The van der Waals surface area contributed by atoms with Crippen LogP contribution in [0.2, 0.25) is 0 Å². The van der Waals surface area contributed by atoms with Gasteiger partial charge in [0.05, 0.1) is 5.56 Å². The van der Waals surface area contributed by atoms with Gasteiger partial charge in [-0.25, -0.2) is 4.79 Å². The van der Waals surface area contributed by atoms with E-state index in [0.717, 1.165) is 6.26 Å². The largest absolute Gasteiger partial charge is 0.504 e. The van der Waals surface area contributed by atoms with Crippen LogP contribution in [0.15, 0.2) is 66.9 Å². The summed E-state index contributed by atoms with van der Waals surface area (Å²) >= 11 is 0. The van der Waals surface area contributed by atoms with Gasteiger partial charge < -0.3 is 9.84 Å². The van der Waals surface area contributed by atoms with Crippen molar-refractivity contribution < 1.29 is 14.6 Å². The maximum absolute atomic E-state index is 11.6.